The summed E-state index contributed by atoms with van der Waals surface area (Å²) in [5, 5.41) is 6.18. The molecule has 2 fully saturated rings. The van der Waals surface area contributed by atoms with E-state index in [1.807, 2.05) is 31.2 Å². The first-order chi connectivity index (χ1) is 20.3. The molecule has 0 unspecified atom stereocenters. The minimum Gasteiger partial charge on any atom is -0.368 e. The van der Waals surface area contributed by atoms with E-state index in [0.717, 1.165) is 36.9 Å². The van der Waals surface area contributed by atoms with Crippen LogP contribution in [-0.2, 0) is 0 Å². The zero-order valence-electron chi connectivity index (χ0n) is 23.9. The Morgan fingerprint density at radius 2 is 1.52 bits per heavy atom. The normalized spacial score (nSPS) is 19.1. The number of hydrogen-bond acceptors (Lipinski definition) is 5. The third-order valence-electron chi connectivity index (χ3n) is 8.11. The summed E-state index contributed by atoms with van der Waals surface area (Å²) in [6.45, 7) is 4.15. The van der Waals surface area contributed by atoms with Crippen molar-refractivity contribution in [2.24, 2.45) is 5.73 Å². The van der Waals surface area contributed by atoms with Crippen LogP contribution >= 0.6 is 0 Å². The lowest BCUT2D eigenvalue weighted by atomic mass is 9.91. The first-order valence-corrected chi connectivity index (χ1v) is 14.6. The third kappa shape index (κ3) is 7.15. The smallest absolute Gasteiger partial charge is 0.255 e. The number of rotatable bonds is 6. The molecule has 5 rings (SSSR count). The molecule has 0 spiro atoms. The predicted octanol–water partition coefficient (Wildman–Crippen LogP) is 4.74. The van der Waals surface area contributed by atoms with E-state index >= 15 is 0 Å². The van der Waals surface area contributed by atoms with E-state index in [9.17, 15) is 18.8 Å². The van der Waals surface area contributed by atoms with Gasteiger partial charge in [0.15, 0.2) is 0 Å². The van der Waals surface area contributed by atoms with Crippen LogP contribution < -0.4 is 21.3 Å². The molecule has 0 atom stereocenters. The molecule has 3 amide bonds. The zero-order chi connectivity index (χ0) is 29.6. The van der Waals surface area contributed by atoms with Gasteiger partial charge in [0.1, 0.15) is 5.82 Å². The summed E-state index contributed by atoms with van der Waals surface area (Å²) in [6.07, 6.45) is 4.19. The quantitative estimate of drug-likeness (QED) is 0.396. The maximum absolute atomic E-state index is 13.4. The number of carbonyl (C=O) groups is 3. The summed E-state index contributed by atoms with van der Waals surface area (Å²) in [6, 6.07) is 18.6. The number of nitrogens with zero attached hydrogens (tertiary/aromatic N) is 2. The van der Waals surface area contributed by atoms with Crippen molar-refractivity contribution in [3.63, 3.8) is 0 Å². The van der Waals surface area contributed by atoms with Crippen molar-refractivity contribution >= 4 is 29.1 Å². The molecular formula is C33H38FN5O3. The highest BCUT2D eigenvalue weighted by atomic mass is 19.1. The highest BCUT2D eigenvalue weighted by Gasteiger charge is 2.25. The van der Waals surface area contributed by atoms with Crippen molar-refractivity contribution in [1.29, 1.82) is 0 Å². The van der Waals surface area contributed by atoms with Crippen molar-refractivity contribution in [1.82, 2.24) is 10.2 Å². The minimum absolute atomic E-state index is 0.0811. The molecule has 3 aromatic carbocycles. The molecule has 0 radical (unpaired) electrons. The molecule has 1 heterocycles. The van der Waals surface area contributed by atoms with Crippen LogP contribution in [0.15, 0.2) is 66.7 Å². The van der Waals surface area contributed by atoms with Crippen molar-refractivity contribution in [2.45, 2.75) is 51.1 Å². The van der Waals surface area contributed by atoms with Crippen LogP contribution in [0.4, 0.5) is 15.8 Å². The topological polar surface area (TPSA) is 108 Å². The van der Waals surface area contributed by atoms with Crippen LogP contribution in [-0.4, -0.2) is 60.9 Å². The van der Waals surface area contributed by atoms with Gasteiger partial charge in [-0.1, -0.05) is 17.7 Å². The van der Waals surface area contributed by atoms with E-state index in [-0.39, 0.29) is 35.6 Å². The molecule has 8 nitrogen and oxygen atoms in total. The number of aryl methyl sites for hydroxylation is 1. The summed E-state index contributed by atoms with van der Waals surface area (Å²) < 4.78 is 13.4. The average molecular weight is 572 g/mol. The lowest BCUT2D eigenvalue weighted by molar-refractivity contribution is 0.0766. The van der Waals surface area contributed by atoms with Crippen molar-refractivity contribution in [2.75, 3.05) is 36.4 Å². The number of nitrogens with two attached hydrogens (primary N) is 1. The Kier molecular flexibility index (Phi) is 9.17. The second-order valence-electron chi connectivity index (χ2n) is 11.3. The van der Waals surface area contributed by atoms with E-state index in [1.54, 1.807) is 23.1 Å². The number of amides is 3. The molecule has 1 aliphatic carbocycles. The van der Waals surface area contributed by atoms with Crippen molar-refractivity contribution in [3.8, 4) is 0 Å². The SMILES string of the molecule is Cc1cccc(C(=O)Nc2cc(C(=O)NC3CCC(N)CC3)ccc2N2CCCN(C(=O)c3ccc(F)cc3)CC2)c1. The fourth-order valence-corrected chi connectivity index (χ4v) is 5.70. The third-order valence-corrected chi connectivity index (χ3v) is 8.11. The Bertz CT molecular complexity index is 1440. The van der Waals surface area contributed by atoms with Gasteiger partial charge >= 0.3 is 0 Å². The monoisotopic (exact) mass is 571 g/mol. The standard InChI is InChI=1S/C33H38FN5O3/c1-22-4-2-5-24(20-22)32(41)37-29-21-25(31(40)36-28-13-11-27(35)12-14-28)8-15-30(29)38-16-3-17-39(19-18-38)33(42)23-6-9-26(34)10-7-23/h2,4-10,15,20-21,27-28H,3,11-14,16-19,35H2,1H3,(H,36,40)(H,37,41). The van der Waals surface area contributed by atoms with Crippen LogP contribution in [0, 0.1) is 12.7 Å². The van der Waals surface area contributed by atoms with Gasteiger partial charge in [0.05, 0.1) is 11.4 Å². The van der Waals surface area contributed by atoms with Crippen LogP contribution in [0.5, 0.6) is 0 Å². The zero-order valence-corrected chi connectivity index (χ0v) is 23.9. The summed E-state index contributed by atoms with van der Waals surface area (Å²) in [7, 11) is 0. The molecule has 1 saturated carbocycles. The van der Waals surface area contributed by atoms with E-state index in [1.165, 1.54) is 24.3 Å². The Labute approximate surface area is 246 Å². The van der Waals surface area contributed by atoms with Gasteiger partial charge in [-0.05, 0) is 93.6 Å². The highest BCUT2D eigenvalue weighted by molar-refractivity contribution is 6.07. The molecule has 2 aliphatic rings. The molecule has 1 aliphatic heterocycles. The molecule has 3 aromatic rings. The second kappa shape index (κ2) is 13.2. The molecule has 9 heteroatoms. The maximum Gasteiger partial charge on any atom is 0.255 e. The van der Waals surface area contributed by atoms with E-state index in [2.05, 4.69) is 15.5 Å². The molecule has 1 saturated heterocycles. The Hall–Kier alpha value is -4.24. The first kappa shape index (κ1) is 29.3. The number of anilines is 2. The second-order valence-corrected chi connectivity index (χ2v) is 11.3. The van der Waals surface area contributed by atoms with E-state index in [4.69, 9.17) is 5.73 Å². The van der Waals surface area contributed by atoms with Crippen LogP contribution in [0.3, 0.4) is 0 Å². The highest BCUT2D eigenvalue weighted by Crippen LogP contribution is 2.30. The van der Waals surface area contributed by atoms with Gasteiger partial charge in [0, 0.05) is 55.0 Å². The summed E-state index contributed by atoms with van der Waals surface area (Å²) in [4.78, 5) is 43.5. The molecule has 0 aromatic heterocycles. The maximum atomic E-state index is 13.4. The van der Waals surface area contributed by atoms with E-state index in [0.29, 0.717) is 55.0 Å². The number of nitrogens with one attached hydrogen (secondary N) is 2. The van der Waals surface area contributed by atoms with Gasteiger partial charge in [-0.2, -0.15) is 0 Å². The largest absolute Gasteiger partial charge is 0.368 e. The molecule has 0 bridgehead atoms. The fraction of sp³-hybridized carbons (Fsp3) is 0.364. The van der Waals surface area contributed by atoms with Gasteiger partial charge < -0.3 is 26.2 Å². The van der Waals surface area contributed by atoms with Crippen LogP contribution in [0.2, 0.25) is 0 Å². The van der Waals surface area contributed by atoms with Gasteiger partial charge in [0.25, 0.3) is 17.7 Å². The van der Waals surface area contributed by atoms with Gasteiger partial charge in [-0.15, -0.1) is 0 Å². The molecule has 42 heavy (non-hydrogen) atoms. The van der Waals surface area contributed by atoms with Crippen molar-refractivity contribution < 1.29 is 18.8 Å². The summed E-state index contributed by atoms with van der Waals surface area (Å²) in [5.74, 6) is -0.962. The van der Waals surface area contributed by atoms with Crippen LogP contribution in [0.25, 0.3) is 0 Å². The number of halogens is 1. The minimum atomic E-state index is -0.381. The Morgan fingerprint density at radius 3 is 2.26 bits per heavy atom. The fourth-order valence-electron chi connectivity index (χ4n) is 5.70. The van der Waals surface area contributed by atoms with Gasteiger partial charge in [-0.25, -0.2) is 4.39 Å². The van der Waals surface area contributed by atoms with E-state index < -0.39 is 0 Å². The lowest BCUT2D eigenvalue weighted by Gasteiger charge is -2.28. The number of benzene rings is 3. The summed E-state index contributed by atoms with van der Waals surface area (Å²) in [5.41, 5.74) is 9.77. The molecule has 220 valence electrons. The van der Waals surface area contributed by atoms with Crippen LogP contribution in [0.1, 0.15) is 68.7 Å². The average Bonchev–Trinajstić information content (AvgIpc) is 3.25. The number of hydrogen-bond donors (Lipinski definition) is 3. The van der Waals surface area contributed by atoms with Gasteiger partial charge in [-0.3, -0.25) is 14.4 Å². The lowest BCUT2D eigenvalue weighted by Crippen LogP contribution is -2.40. The van der Waals surface area contributed by atoms with Crippen molar-refractivity contribution in [3.05, 3.63) is 94.8 Å². The summed E-state index contributed by atoms with van der Waals surface area (Å²) >= 11 is 0. The molecule has 4 N–H and O–H groups in total. The van der Waals surface area contributed by atoms with Gasteiger partial charge in [0.2, 0.25) is 0 Å². The Balaban J connectivity index is 1.36. The first-order valence-electron chi connectivity index (χ1n) is 14.6. The number of carbonyl (C=O) groups excluding carboxylic acids is 3. The Morgan fingerprint density at radius 1 is 0.810 bits per heavy atom. The predicted molar refractivity (Wildman–Crippen MR) is 162 cm³/mol. The molecular weight excluding hydrogens is 533 g/mol.